The minimum absolute atomic E-state index is 0.0132. The minimum Gasteiger partial charge on any atom is -0.481 e. The number of cyclic esters (lactones) is 2. The predicted octanol–water partition coefficient (Wildman–Crippen LogP) is 10.4. The van der Waals surface area contributed by atoms with Gasteiger partial charge in [-0.15, -0.1) is 0 Å². The van der Waals surface area contributed by atoms with E-state index >= 15 is 0 Å². The van der Waals surface area contributed by atoms with Crippen LogP contribution in [0.2, 0.25) is 10.0 Å². The summed E-state index contributed by atoms with van der Waals surface area (Å²) in [4.78, 5) is 208. The molecule has 12 N–H and O–H groups in total. The van der Waals surface area contributed by atoms with Crippen LogP contribution in [0.15, 0.2) is 127 Å². The summed E-state index contributed by atoms with van der Waals surface area (Å²) in [5.74, 6) is -6.63. The fraction of sp³-hybridized carbons (Fsp3) is 0.540. The molecule has 7 unspecified atom stereocenters. The molecule has 0 radical (unpaired) electrons. The van der Waals surface area contributed by atoms with E-state index in [0.717, 1.165) is 16.7 Å². The molecule has 11 rings (SSSR count). The molecule has 0 aliphatic carbocycles. The number of anilines is 2. The highest BCUT2D eigenvalue weighted by atomic mass is 35.5. The number of esters is 3. The van der Waals surface area contributed by atoms with Crippen molar-refractivity contribution in [2.24, 2.45) is 22.2 Å². The number of hydrogen-bond acceptors (Lipinski definition) is 25. The van der Waals surface area contributed by atoms with E-state index in [-0.39, 0.29) is 89.9 Å². The van der Waals surface area contributed by atoms with E-state index in [0.29, 0.717) is 88.7 Å². The van der Waals surface area contributed by atoms with Crippen molar-refractivity contribution < 1.29 is 115 Å². The highest BCUT2D eigenvalue weighted by Gasteiger charge is 2.49. The van der Waals surface area contributed by atoms with Crippen molar-refractivity contribution >= 4 is 130 Å². The van der Waals surface area contributed by atoms with E-state index in [9.17, 15) is 76.7 Å². The summed E-state index contributed by atoms with van der Waals surface area (Å²) in [6.07, 6.45) is 0.920. The van der Waals surface area contributed by atoms with E-state index in [1.54, 1.807) is 62.3 Å². The van der Waals surface area contributed by atoms with E-state index in [2.05, 4.69) is 37.2 Å². The number of likely N-dealkylation sites (tertiary alicyclic amines) is 4. The van der Waals surface area contributed by atoms with Crippen molar-refractivity contribution in [1.29, 1.82) is 0 Å². The fourth-order valence-electron chi connectivity index (χ4n) is 16.0. The first-order valence-electron chi connectivity index (χ1n) is 46.5. The third-order valence-electron chi connectivity index (χ3n) is 23.2. The Morgan fingerprint density at radius 2 is 0.791 bits per heavy atom. The lowest BCUT2D eigenvalue weighted by atomic mass is 9.85. The number of nitrogens with two attached hydrogens (primary N) is 2. The molecule has 5 aromatic rings. The molecule has 11 amide bonds. The summed E-state index contributed by atoms with van der Waals surface area (Å²) in [7, 11) is 0. The van der Waals surface area contributed by atoms with E-state index in [1.807, 2.05) is 146 Å². The van der Waals surface area contributed by atoms with Crippen molar-refractivity contribution in [2.75, 3.05) is 37.6 Å². The second kappa shape index (κ2) is 49.9. The third kappa shape index (κ3) is 33.7. The summed E-state index contributed by atoms with van der Waals surface area (Å²) in [6, 6.07) is 28.1. The molecule has 39 heteroatoms. The topological polar surface area (TPSA) is 507 Å². The molecule has 6 aliphatic heterocycles. The number of rotatable bonds is 29. The predicted molar refractivity (Wildman–Crippen MR) is 514 cm³/mol. The molecule has 37 nitrogen and oxygen atoms in total. The number of nitrogens with one attached hydrogen (secondary N) is 7. The number of nitrogen functional groups attached to an aromatic ring is 2. The van der Waals surface area contributed by atoms with Gasteiger partial charge in [-0.05, 0) is 168 Å². The number of carboxylic acids is 1. The van der Waals surface area contributed by atoms with Crippen molar-refractivity contribution in [1.82, 2.24) is 56.8 Å². The zero-order chi connectivity index (χ0) is 103. The average Bonchev–Trinajstić information content (AvgIpc) is 1.77. The largest absolute Gasteiger partial charge is 0.481 e. The molecule has 0 saturated carbocycles. The second-order valence-corrected chi connectivity index (χ2v) is 41.3. The summed E-state index contributed by atoms with van der Waals surface area (Å²) < 4.78 is 38.2. The molecule has 5 aromatic carbocycles. The van der Waals surface area contributed by atoms with Crippen molar-refractivity contribution in [3.63, 3.8) is 0 Å². The first-order chi connectivity index (χ1) is 65.1. The molecule has 139 heavy (non-hydrogen) atoms. The lowest BCUT2D eigenvalue weighted by Crippen LogP contribution is -2.58. The van der Waals surface area contributed by atoms with Crippen LogP contribution in [-0.2, 0) is 111 Å². The van der Waals surface area contributed by atoms with Gasteiger partial charge in [0.15, 0.2) is 0 Å². The standard InChI is InChI=1S/C29H35ClN4O6.C26H37N3O7.C23H34N2O5.C22H29ClN4O6/c1-29(2,3)24(33-25(36)18-11-12-20(31)19(30)14-18)27(38)34-13-7-10-22(34)26(37)32-21-15-23(35)40-28(21)39-16-17-8-5-4-6-9-17;1-16(2)21(28-25(33)36-26(3,4)5)23(32)29-13-9-12-19(29)22(31)27-18-14-20(30)35-24(18)34-15-17-10-7-6-8-11-17;1-22(2,3)18(24-21(28)30-23(4,5)6)19(26)25-14-10-13-17(25)20(27)29-15-16-11-8-7-9-12-16;1-22(2,3)18(26-19(31)12-6-7-15(24)14(23)9-12)21(33)27-8-4-5-16(27)20(32)25-13(11-28)10-17(29)30/h4-6,8-9,11-12,14,21-22,24,28H,7,10,13,15-16,31H2,1-3H3,(H,32,37)(H,33,36);6-8,10-11,16,18-19,21,24H,9,12-15H2,1-5H3,(H,27,31)(H,28,33);7-9,11-12,17-18H,10,13-15H2,1-6H3,(H,24,28);6-7,9,11,13,16,18H,4-5,8,10,24H2,1-3H3,(H,25,32)(H,26,31)(H,29,30)/t21?,22?,24-,28?;18?,19?,21-,24?;17-,18+;13-,16?,18+/m1000/s1. The molecule has 6 saturated heterocycles. The van der Waals surface area contributed by atoms with Gasteiger partial charge >= 0.3 is 36.1 Å². The van der Waals surface area contributed by atoms with Gasteiger partial charge in [0.25, 0.3) is 11.8 Å². The molecular weight excluding hydrogens is 1840 g/mol. The van der Waals surface area contributed by atoms with Gasteiger partial charge in [-0.1, -0.05) is 190 Å². The lowest BCUT2D eigenvalue weighted by molar-refractivity contribution is -0.169. The van der Waals surface area contributed by atoms with Gasteiger partial charge in [0.2, 0.25) is 53.9 Å². The molecule has 6 fully saturated rings. The maximum Gasteiger partial charge on any atom is 0.408 e. The Morgan fingerprint density at radius 1 is 0.453 bits per heavy atom. The zero-order valence-electron chi connectivity index (χ0n) is 82.0. The number of alkyl carbamates (subject to hydrolysis) is 2. The number of ether oxygens (including phenoxy) is 7. The van der Waals surface area contributed by atoms with Crippen LogP contribution in [0, 0.1) is 22.2 Å². The van der Waals surface area contributed by atoms with Gasteiger partial charge in [-0.3, -0.25) is 57.5 Å². The van der Waals surface area contributed by atoms with Crippen molar-refractivity contribution in [2.45, 2.75) is 298 Å². The lowest BCUT2D eigenvalue weighted by Gasteiger charge is -2.35. The Labute approximate surface area is 821 Å². The number of amides is 11. The van der Waals surface area contributed by atoms with Crippen LogP contribution < -0.4 is 48.7 Å². The number of nitrogens with zero attached hydrogens (tertiary/aromatic N) is 4. The summed E-state index contributed by atoms with van der Waals surface area (Å²) in [6.45, 7) is 32.7. The van der Waals surface area contributed by atoms with Crippen LogP contribution >= 0.6 is 23.2 Å². The van der Waals surface area contributed by atoms with Gasteiger partial charge in [0.1, 0.15) is 84.5 Å². The molecule has 13 atom stereocenters. The first kappa shape index (κ1) is 112. The quantitative estimate of drug-likeness (QED) is 0.00920. The molecule has 0 spiro atoms. The normalized spacial score (nSPS) is 20.2. The Kier molecular flexibility index (Phi) is 40.1. The average molecular weight is 1970 g/mol. The summed E-state index contributed by atoms with van der Waals surface area (Å²) >= 11 is 12.1. The highest BCUT2D eigenvalue weighted by Crippen LogP contribution is 2.34. The number of carbonyl (C=O) groups excluding carboxylic acids is 15. The van der Waals surface area contributed by atoms with Crippen LogP contribution in [0.1, 0.15) is 226 Å². The Hall–Kier alpha value is -12.5. The molecule has 758 valence electrons. The van der Waals surface area contributed by atoms with Crippen LogP contribution in [0.25, 0.3) is 0 Å². The maximum atomic E-state index is 13.8. The number of aldehydes is 1. The van der Waals surface area contributed by atoms with Gasteiger partial charge in [-0.2, -0.15) is 0 Å². The number of carbonyl (C=O) groups is 16. The van der Waals surface area contributed by atoms with Crippen molar-refractivity contribution in [3.05, 3.63) is 165 Å². The Morgan fingerprint density at radius 3 is 1.14 bits per heavy atom. The number of carboxylic acid groups (broad SMARTS) is 1. The Balaban J connectivity index is 0.000000228. The van der Waals surface area contributed by atoms with E-state index < -0.39 is 179 Å². The summed E-state index contributed by atoms with van der Waals surface area (Å²) in [5.41, 5.74) is 12.0. The monoisotopic (exact) mass is 1970 g/mol. The fourth-order valence-corrected chi connectivity index (χ4v) is 16.4. The maximum absolute atomic E-state index is 13.8. The number of aliphatic carboxylic acids is 1. The smallest absolute Gasteiger partial charge is 0.408 e. The molecular formula is C100H135Cl2N13O24. The van der Waals surface area contributed by atoms with Gasteiger partial charge in [-0.25, -0.2) is 14.4 Å². The Bertz CT molecular complexity index is 5160. The van der Waals surface area contributed by atoms with Gasteiger partial charge in [0.05, 0.1) is 59.9 Å². The third-order valence-corrected chi connectivity index (χ3v) is 23.9. The first-order valence-corrected chi connectivity index (χ1v) is 47.3. The van der Waals surface area contributed by atoms with E-state index in [4.69, 9.17) is 72.9 Å². The SMILES string of the molecule is CC(C)(C)OC(=O)N[C@H](C(=O)N1CCC[C@H]1C(=O)OCc1ccccc1)C(C)(C)C.CC(C)(C)[C@H](NC(=O)c1ccc(N)c(Cl)c1)C(=O)N1CCCC1C(=O)NC1CC(=O)OC1OCc1ccccc1.CC(C)(C)[C@H](NC(=O)c1ccc(N)c(Cl)c1)C(=O)N1CCCC1C(=O)N[C@H](C=O)CC(=O)O.CC(C)[C@H](NC(=O)OC(C)(C)C)C(=O)N1CCCC1C(=O)NC1CC(=O)OC1OCc1ccccc1. The second-order valence-electron chi connectivity index (χ2n) is 40.5. The van der Waals surface area contributed by atoms with E-state index in [1.165, 1.54) is 56.0 Å². The van der Waals surface area contributed by atoms with Gasteiger partial charge < -0.3 is 111 Å². The van der Waals surface area contributed by atoms with Crippen LogP contribution in [-0.4, -0.2) is 237 Å². The number of hydrogen-bond donors (Lipinski definition) is 10. The summed E-state index contributed by atoms with van der Waals surface area (Å²) in [5, 5.41) is 28.3. The molecule has 6 aliphatic rings. The van der Waals surface area contributed by atoms with Crippen molar-refractivity contribution in [3.8, 4) is 0 Å². The van der Waals surface area contributed by atoms with Crippen LogP contribution in [0.3, 0.4) is 0 Å². The minimum atomic E-state index is -1.23. The zero-order valence-corrected chi connectivity index (χ0v) is 83.6. The molecule has 0 aromatic heterocycles. The number of benzene rings is 5. The molecule has 6 heterocycles. The number of halogens is 2. The van der Waals surface area contributed by atoms with Crippen LogP contribution in [0.5, 0.6) is 0 Å². The molecule has 0 bridgehead atoms. The highest BCUT2D eigenvalue weighted by molar-refractivity contribution is 6.34. The van der Waals surface area contributed by atoms with Crippen LogP contribution in [0.4, 0.5) is 21.0 Å². The van der Waals surface area contributed by atoms with Gasteiger partial charge in [0, 0.05) is 37.3 Å².